The molecule has 0 fully saturated rings. The summed E-state index contributed by atoms with van der Waals surface area (Å²) in [7, 11) is 0. The van der Waals surface area contributed by atoms with Crippen LogP contribution < -0.4 is 5.32 Å². The van der Waals surface area contributed by atoms with Gasteiger partial charge in [0.2, 0.25) is 0 Å². The highest BCUT2D eigenvalue weighted by Crippen LogP contribution is 2.42. The number of benzene rings is 2. The zero-order valence-electron chi connectivity index (χ0n) is 12.5. The molecular formula is C19H12N2O3. The summed E-state index contributed by atoms with van der Waals surface area (Å²) in [5.41, 5.74) is 3.23. The number of fused-ring (bicyclic) bond motifs is 2. The smallest absolute Gasteiger partial charge is 0.196 e. The van der Waals surface area contributed by atoms with E-state index in [1.807, 2.05) is 24.3 Å². The van der Waals surface area contributed by atoms with Gasteiger partial charge in [-0.05, 0) is 24.3 Å². The highest BCUT2D eigenvalue weighted by molar-refractivity contribution is 6.27. The molecule has 0 saturated heterocycles. The number of carbonyl (C=O) groups is 2. The van der Waals surface area contributed by atoms with Crippen LogP contribution in [0.25, 0.3) is 22.2 Å². The van der Waals surface area contributed by atoms with E-state index in [9.17, 15) is 9.59 Å². The van der Waals surface area contributed by atoms with Gasteiger partial charge in [-0.1, -0.05) is 35.5 Å². The fourth-order valence-electron chi connectivity index (χ4n) is 2.89. The molecule has 0 amide bonds. The lowest BCUT2D eigenvalue weighted by Gasteiger charge is -2.16. The number of aldehydes is 1. The number of aromatic nitrogens is 1. The van der Waals surface area contributed by atoms with E-state index < -0.39 is 0 Å². The Morgan fingerprint density at radius 2 is 1.83 bits per heavy atom. The van der Waals surface area contributed by atoms with E-state index in [1.54, 1.807) is 30.5 Å². The van der Waals surface area contributed by atoms with Crippen LogP contribution in [0, 0.1) is 0 Å². The average Bonchev–Trinajstić information content (AvgIpc) is 3.04. The van der Waals surface area contributed by atoms with Gasteiger partial charge in [-0.3, -0.25) is 9.59 Å². The molecule has 3 aromatic rings. The van der Waals surface area contributed by atoms with Crippen molar-refractivity contribution in [1.82, 2.24) is 5.16 Å². The van der Waals surface area contributed by atoms with Gasteiger partial charge in [-0.2, -0.15) is 0 Å². The van der Waals surface area contributed by atoms with Crippen molar-refractivity contribution in [3.8, 4) is 11.3 Å². The number of nitrogens with zero attached hydrogens (tertiary/aromatic N) is 1. The topological polar surface area (TPSA) is 72.2 Å². The quantitative estimate of drug-likeness (QED) is 0.353. The number of hydrogen-bond donors (Lipinski definition) is 1. The number of nitrogens with one attached hydrogen (secondary N) is 1. The maximum Gasteiger partial charge on any atom is 0.196 e. The molecule has 1 aromatic heterocycles. The molecule has 0 aliphatic heterocycles. The van der Waals surface area contributed by atoms with Gasteiger partial charge in [-0.15, -0.1) is 0 Å². The third-order valence-electron chi connectivity index (χ3n) is 3.92. The van der Waals surface area contributed by atoms with Crippen molar-refractivity contribution in [2.45, 2.75) is 0 Å². The maximum absolute atomic E-state index is 13.0. The number of anilines is 1. The molecule has 0 atom stereocenters. The van der Waals surface area contributed by atoms with Crippen molar-refractivity contribution in [2.75, 3.05) is 5.32 Å². The molecule has 0 bridgehead atoms. The van der Waals surface area contributed by atoms with Gasteiger partial charge < -0.3 is 9.84 Å². The first-order valence-corrected chi connectivity index (χ1v) is 7.41. The van der Waals surface area contributed by atoms with Crippen molar-refractivity contribution < 1.29 is 14.1 Å². The van der Waals surface area contributed by atoms with Crippen LogP contribution in [0.5, 0.6) is 0 Å². The summed E-state index contributed by atoms with van der Waals surface area (Å²) < 4.78 is 5.49. The molecule has 1 aliphatic rings. The first kappa shape index (κ1) is 14.1. The molecule has 1 aliphatic carbocycles. The van der Waals surface area contributed by atoms with Crippen molar-refractivity contribution in [3.63, 3.8) is 0 Å². The van der Waals surface area contributed by atoms with E-state index in [0.29, 0.717) is 34.4 Å². The Bertz CT molecular complexity index is 1030. The van der Waals surface area contributed by atoms with Crippen molar-refractivity contribution in [2.24, 2.45) is 0 Å². The fourth-order valence-corrected chi connectivity index (χ4v) is 2.89. The molecule has 4 rings (SSSR count). The summed E-state index contributed by atoms with van der Waals surface area (Å²) in [6.45, 7) is 0. The number of rotatable bonds is 4. The zero-order chi connectivity index (χ0) is 16.5. The highest BCUT2D eigenvalue weighted by Gasteiger charge is 2.30. The van der Waals surface area contributed by atoms with Gasteiger partial charge in [0.25, 0.3) is 0 Å². The van der Waals surface area contributed by atoms with Crippen LogP contribution in [0.1, 0.15) is 15.9 Å². The van der Waals surface area contributed by atoms with Crippen LogP contribution in [-0.4, -0.2) is 17.2 Å². The van der Waals surface area contributed by atoms with Crippen molar-refractivity contribution in [1.29, 1.82) is 0 Å². The summed E-state index contributed by atoms with van der Waals surface area (Å²) >= 11 is 0. The molecule has 0 unspecified atom stereocenters. The summed E-state index contributed by atoms with van der Waals surface area (Å²) in [4.78, 5) is 23.2. The summed E-state index contributed by atoms with van der Waals surface area (Å²) in [5.74, 6) is 0.551. The minimum absolute atomic E-state index is 0.0637. The van der Waals surface area contributed by atoms with Crippen LogP contribution in [0.4, 0.5) is 5.69 Å². The monoisotopic (exact) mass is 316 g/mol. The van der Waals surface area contributed by atoms with Crippen LogP contribution in [0.15, 0.2) is 65.3 Å². The molecule has 2 aromatic carbocycles. The molecule has 116 valence electrons. The Kier molecular flexibility index (Phi) is 3.31. The Hall–Kier alpha value is -3.47. The lowest BCUT2D eigenvalue weighted by molar-refractivity contribution is -0.104. The predicted molar refractivity (Wildman–Crippen MR) is 90.8 cm³/mol. The largest absolute Gasteiger partial charge is 0.361 e. The molecule has 5 nitrogen and oxygen atoms in total. The molecule has 1 heterocycles. The van der Waals surface area contributed by atoms with Crippen LogP contribution in [0.2, 0.25) is 0 Å². The lowest BCUT2D eigenvalue weighted by Crippen LogP contribution is -2.11. The summed E-state index contributed by atoms with van der Waals surface area (Å²) in [5, 5.41) is 7.87. The van der Waals surface area contributed by atoms with Gasteiger partial charge in [0, 0.05) is 17.3 Å². The third kappa shape index (κ3) is 2.06. The molecular weight excluding hydrogens is 304 g/mol. The summed E-state index contributed by atoms with van der Waals surface area (Å²) in [6.07, 6.45) is 7.03. The number of carbonyl (C=O) groups excluding carboxylic acids is 2. The molecule has 1 N–H and O–H groups in total. The van der Waals surface area contributed by atoms with E-state index in [-0.39, 0.29) is 5.78 Å². The van der Waals surface area contributed by atoms with Crippen LogP contribution in [0.3, 0.4) is 0 Å². The predicted octanol–water partition coefficient (Wildman–Crippen LogP) is 3.72. The SMILES string of the molecule is O=CC=CC=CNc1ccc2noc3c2c1C(=O)c1ccccc1-3. The minimum atomic E-state index is -0.0637. The van der Waals surface area contributed by atoms with E-state index in [2.05, 4.69) is 10.5 Å². The second kappa shape index (κ2) is 5.62. The van der Waals surface area contributed by atoms with E-state index in [4.69, 9.17) is 4.52 Å². The average molecular weight is 316 g/mol. The minimum Gasteiger partial charge on any atom is -0.361 e. The molecule has 5 heteroatoms. The van der Waals surface area contributed by atoms with Crippen LogP contribution in [-0.2, 0) is 4.79 Å². The number of allylic oxidation sites excluding steroid dienone is 3. The summed E-state index contributed by atoms with van der Waals surface area (Å²) in [6, 6.07) is 11.0. The van der Waals surface area contributed by atoms with E-state index in [0.717, 1.165) is 10.9 Å². The number of hydrogen-bond acceptors (Lipinski definition) is 5. The second-order valence-electron chi connectivity index (χ2n) is 5.29. The van der Waals surface area contributed by atoms with Gasteiger partial charge in [-0.25, -0.2) is 0 Å². The third-order valence-corrected chi connectivity index (χ3v) is 3.92. The lowest BCUT2D eigenvalue weighted by atomic mass is 9.87. The van der Waals surface area contributed by atoms with Crippen molar-refractivity contribution in [3.05, 3.63) is 72.0 Å². The van der Waals surface area contributed by atoms with Gasteiger partial charge in [0.05, 0.1) is 16.6 Å². The molecule has 0 saturated carbocycles. The second-order valence-corrected chi connectivity index (χ2v) is 5.29. The first-order chi connectivity index (χ1) is 11.8. The highest BCUT2D eigenvalue weighted by atomic mass is 16.5. The standard InChI is InChI=1S/C19H12N2O3/c22-11-5-1-4-10-20-14-8-9-15-17-16(14)18(23)12-6-2-3-7-13(12)19(17)24-21-15/h1-11,20H. The molecule has 0 radical (unpaired) electrons. The van der Waals surface area contributed by atoms with E-state index >= 15 is 0 Å². The molecule has 0 spiro atoms. The number of ketones is 1. The van der Waals surface area contributed by atoms with Crippen molar-refractivity contribution >= 4 is 28.7 Å². The Morgan fingerprint density at radius 3 is 2.67 bits per heavy atom. The fraction of sp³-hybridized carbons (Fsp3) is 0. The normalized spacial score (nSPS) is 12.9. The maximum atomic E-state index is 13.0. The zero-order valence-corrected chi connectivity index (χ0v) is 12.5. The Labute approximate surface area is 137 Å². The Balaban J connectivity index is 1.87. The van der Waals surface area contributed by atoms with E-state index in [1.165, 1.54) is 6.08 Å². The first-order valence-electron chi connectivity index (χ1n) is 7.41. The van der Waals surface area contributed by atoms with Gasteiger partial charge in [0.1, 0.15) is 11.8 Å². The van der Waals surface area contributed by atoms with Gasteiger partial charge in [0.15, 0.2) is 11.5 Å². The van der Waals surface area contributed by atoms with Crippen LogP contribution >= 0.6 is 0 Å². The molecule has 24 heavy (non-hydrogen) atoms. The van der Waals surface area contributed by atoms with Gasteiger partial charge >= 0.3 is 0 Å². The Morgan fingerprint density at radius 1 is 1.00 bits per heavy atom.